The van der Waals surface area contributed by atoms with Crippen molar-refractivity contribution in [3.63, 3.8) is 0 Å². The summed E-state index contributed by atoms with van der Waals surface area (Å²) < 4.78 is 0. The Labute approximate surface area is 73.0 Å². The summed E-state index contributed by atoms with van der Waals surface area (Å²) in [6.07, 6.45) is 0. The average molecular weight is 173 g/mol. The molecule has 0 saturated carbocycles. The van der Waals surface area contributed by atoms with Crippen molar-refractivity contribution < 1.29 is 23.7 Å². The van der Waals surface area contributed by atoms with Gasteiger partial charge in [-0.3, -0.25) is 0 Å². The fraction of sp³-hybridized carbons (Fsp3) is 0.250. The standard InChI is InChI=1S/C8H10O.V/c1-6-4-3-5-8(9)7(6)2;/h3-5,9H,1-2H3;. The molecule has 0 amide bonds. The largest absolute Gasteiger partial charge is 0.508 e. The second-order valence-corrected chi connectivity index (χ2v) is 2.22. The van der Waals surface area contributed by atoms with Crippen LogP contribution < -0.4 is 0 Å². The van der Waals surface area contributed by atoms with Gasteiger partial charge in [0.1, 0.15) is 5.75 Å². The summed E-state index contributed by atoms with van der Waals surface area (Å²) in [5.74, 6) is 0.384. The van der Waals surface area contributed by atoms with Gasteiger partial charge in [-0.05, 0) is 31.0 Å². The molecule has 2 heteroatoms. The Kier molecular flexibility index (Phi) is 3.55. The first-order valence-corrected chi connectivity index (χ1v) is 2.97. The summed E-state index contributed by atoms with van der Waals surface area (Å²) in [6.45, 7) is 3.89. The number of hydrogen-bond donors (Lipinski definition) is 1. The van der Waals surface area contributed by atoms with Gasteiger partial charge in [0.15, 0.2) is 0 Å². The second kappa shape index (κ2) is 3.69. The van der Waals surface area contributed by atoms with E-state index in [9.17, 15) is 0 Å². The van der Waals surface area contributed by atoms with Crippen LogP contribution in [0, 0.1) is 13.8 Å². The fourth-order valence-corrected chi connectivity index (χ4v) is 0.736. The van der Waals surface area contributed by atoms with Crippen molar-refractivity contribution >= 4 is 0 Å². The van der Waals surface area contributed by atoms with Crippen molar-refractivity contribution in [2.24, 2.45) is 0 Å². The molecule has 1 aromatic carbocycles. The smallest absolute Gasteiger partial charge is 0.118 e. The van der Waals surface area contributed by atoms with Crippen LogP contribution in [0.5, 0.6) is 5.75 Å². The number of aromatic hydroxyl groups is 1. The quantitative estimate of drug-likeness (QED) is 0.636. The molecule has 0 saturated heterocycles. The molecule has 0 aliphatic carbocycles. The first-order chi connectivity index (χ1) is 4.22. The van der Waals surface area contributed by atoms with Crippen molar-refractivity contribution in [3.05, 3.63) is 29.3 Å². The van der Waals surface area contributed by atoms with Crippen LogP contribution in [-0.4, -0.2) is 5.11 Å². The third-order valence-corrected chi connectivity index (χ3v) is 1.58. The second-order valence-electron chi connectivity index (χ2n) is 2.22. The maximum Gasteiger partial charge on any atom is 0.118 e. The number of phenolic OH excluding ortho intramolecular Hbond substituents is 1. The molecule has 1 N–H and O–H groups in total. The number of benzene rings is 1. The van der Waals surface area contributed by atoms with Crippen molar-refractivity contribution in [1.82, 2.24) is 0 Å². The zero-order chi connectivity index (χ0) is 6.85. The zero-order valence-corrected chi connectivity index (χ0v) is 7.52. The summed E-state index contributed by atoms with van der Waals surface area (Å²) in [6, 6.07) is 5.52. The molecule has 0 aliphatic heterocycles. The third kappa shape index (κ3) is 1.79. The topological polar surface area (TPSA) is 20.2 Å². The number of phenols is 1. The minimum Gasteiger partial charge on any atom is -0.508 e. The van der Waals surface area contributed by atoms with Crippen LogP contribution in [0.2, 0.25) is 0 Å². The Balaban J connectivity index is 0.000000810. The molecule has 1 nitrogen and oxygen atoms in total. The molecule has 0 aromatic heterocycles. The van der Waals surface area contributed by atoms with Gasteiger partial charge in [0.25, 0.3) is 0 Å². The molecule has 10 heavy (non-hydrogen) atoms. The molecule has 53 valence electrons. The molecule has 0 aliphatic rings. The van der Waals surface area contributed by atoms with Gasteiger partial charge in [-0.1, -0.05) is 12.1 Å². The molecule has 1 radical (unpaired) electrons. The summed E-state index contributed by atoms with van der Waals surface area (Å²) in [7, 11) is 0. The van der Waals surface area contributed by atoms with Crippen LogP contribution in [0.3, 0.4) is 0 Å². The van der Waals surface area contributed by atoms with E-state index in [-0.39, 0.29) is 18.6 Å². The van der Waals surface area contributed by atoms with E-state index in [2.05, 4.69) is 0 Å². The monoisotopic (exact) mass is 173 g/mol. The van der Waals surface area contributed by atoms with Crippen LogP contribution in [0.15, 0.2) is 18.2 Å². The fourth-order valence-electron chi connectivity index (χ4n) is 0.736. The molecule has 0 unspecified atom stereocenters. The van der Waals surface area contributed by atoms with E-state index in [1.807, 2.05) is 26.0 Å². The first kappa shape index (κ1) is 9.60. The number of aryl methyl sites for hydroxylation is 1. The Morgan fingerprint density at radius 1 is 1.20 bits per heavy atom. The van der Waals surface area contributed by atoms with E-state index in [1.165, 1.54) is 0 Å². The first-order valence-electron chi connectivity index (χ1n) is 2.97. The van der Waals surface area contributed by atoms with E-state index >= 15 is 0 Å². The molecule has 0 bridgehead atoms. The van der Waals surface area contributed by atoms with Gasteiger partial charge >= 0.3 is 0 Å². The predicted molar refractivity (Wildman–Crippen MR) is 37.6 cm³/mol. The van der Waals surface area contributed by atoms with Gasteiger partial charge in [0, 0.05) is 18.6 Å². The molecular weight excluding hydrogens is 163 g/mol. The predicted octanol–water partition coefficient (Wildman–Crippen LogP) is 2.01. The number of hydrogen-bond acceptors (Lipinski definition) is 1. The van der Waals surface area contributed by atoms with E-state index in [0.29, 0.717) is 5.75 Å². The van der Waals surface area contributed by atoms with E-state index in [0.717, 1.165) is 11.1 Å². The molecule has 0 spiro atoms. The molecule has 0 atom stereocenters. The van der Waals surface area contributed by atoms with Gasteiger partial charge in [-0.25, -0.2) is 0 Å². The Hall–Kier alpha value is -0.396. The normalized spacial score (nSPS) is 8.60. The molecule has 0 fully saturated rings. The minimum atomic E-state index is 0. The number of rotatable bonds is 0. The summed E-state index contributed by atoms with van der Waals surface area (Å²) in [5.41, 5.74) is 2.10. The van der Waals surface area contributed by atoms with E-state index < -0.39 is 0 Å². The molecule has 1 rings (SSSR count). The Bertz CT molecular complexity index is 200. The average Bonchev–Trinajstić information content (AvgIpc) is 1.83. The van der Waals surface area contributed by atoms with Crippen molar-refractivity contribution in [1.29, 1.82) is 0 Å². The molecular formula is C8H10OV. The summed E-state index contributed by atoms with van der Waals surface area (Å²) >= 11 is 0. The van der Waals surface area contributed by atoms with Gasteiger partial charge in [0.05, 0.1) is 0 Å². The van der Waals surface area contributed by atoms with Crippen molar-refractivity contribution in [3.8, 4) is 5.75 Å². The van der Waals surface area contributed by atoms with E-state index in [4.69, 9.17) is 5.11 Å². The van der Waals surface area contributed by atoms with Crippen LogP contribution in [-0.2, 0) is 18.6 Å². The van der Waals surface area contributed by atoms with Crippen LogP contribution in [0.25, 0.3) is 0 Å². The van der Waals surface area contributed by atoms with E-state index in [1.54, 1.807) is 6.07 Å². The van der Waals surface area contributed by atoms with Crippen LogP contribution in [0.4, 0.5) is 0 Å². The maximum atomic E-state index is 9.10. The zero-order valence-electron chi connectivity index (χ0n) is 6.13. The van der Waals surface area contributed by atoms with Gasteiger partial charge < -0.3 is 5.11 Å². The van der Waals surface area contributed by atoms with Crippen molar-refractivity contribution in [2.75, 3.05) is 0 Å². The Morgan fingerprint density at radius 3 is 2.20 bits per heavy atom. The third-order valence-electron chi connectivity index (χ3n) is 1.58. The van der Waals surface area contributed by atoms with Crippen molar-refractivity contribution in [2.45, 2.75) is 13.8 Å². The SMILES string of the molecule is Cc1cccc(O)c1C.[V]. The summed E-state index contributed by atoms with van der Waals surface area (Å²) in [4.78, 5) is 0. The minimum absolute atomic E-state index is 0. The van der Waals surface area contributed by atoms with Gasteiger partial charge in [0.2, 0.25) is 0 Å². The van der Waals surface area contributed by atoms with Gasteiger partial charge in [-0.2, -0.15) is 0 Å². The van der Waals surface area contributed by atoms with Gasteiger partial charge in [-0.15, -0.1) is 0 Å². The molecule has 0 heterocycles. The molecule has 1 aromatic rings. The van der Waals surface area contributed by atoms with Crippen LogP contribution in [0.1, 0.15) is 11.1 Å². The van der Waals surface area contributed by atoms with Crippen LogP contribution >= 0.6 is 0 Å². The Morgan fingerprint density at radius 2 is 1.80 bits per heavy atom. The maximum absolute atomic E-state index is 9.10. The summed E-state index contributed by atoms with van der Waals surface area (Å²) in [5, 5.41) is 9.10.